The molecule has 88 valence electrons. The van der Waals surface area contributed by atoms with Crippen molar-refractivity contribution in [1.29, 1.82) is 0 Å². The lowest BCUT2D eigenvalue weighted by atomic mass is 10.1. The Morgan fingerprint density at radius 2 is 2.25 bits per heavy atom. The summed E-state index contributed by atoms with van der Waals surface area (Å²) in [7, 11) is 1.62. The normalized spacial score (nSPS) is 11.9. The fourth-order valence-electron chi connectivity index (χ4n) is 1.40. The van der Waals surface area contributed by atoms with E-state index in [1.807, 2.05) is 31.2 Å². The maximum Gasteiger partial charge on any atom is 0.224 e. The fraction of sp³-hybridized carbons (Fsp3) is 0.462. The zero-order valence-corrected chi connectivity index (χ0v) is 10.1. The van der Waals surface area contributed by atoms with E-state index in [1.54, 1.807) is 7.11 Å². The molecular weight excluding hydrogens is 202 g/mol. The zero-order chi connectivity index (χ0) is 12.0. The molecule has 0 aliphatic heterocycles. The fourth-order valence-corrected chi connectivity index (χ4v) is 1.40. The quantitative estimate of drug-likeness (QED) is 0.827. The lowest BCUT2D eigenvalue weighted by Gasteiger charge is -2.11. The third kappa shape index (κ3) is 3.93. The minimum atomic E-state index is 0.0580. The Morgan fingerprint density at radius 1 is 1.50 bits per heavy atom. The van der Waals surface area contributed by atoms with Crippen molar-refractivity contribution in [3.8, 4) is 5.75 Å². The van der Waals surface area contributed by atoms with Crippen LogP contribution in [0.5, 0.6) is 5.75 Å². The summed E-state index contributed by atoms with van der Waals surface area (Å²) in [5, 5.41) is 2.94. The largest absolute Gasteiger partial charge is 0.497 e. The number of methoxy groups -OCH3 is 1. The molecule has 0 aliphatic rings. The highest BCUT2D eigenvalue weighted by atomic mass is 16.5. The lowest BCUT2D eigenvalue weighted by molar-refractivity contribution is -0.121. The molecule has 3 nitrogen and oxygen atoms in total. The second kappa shape index (κ2) is 6.16. The van der Waals surface area contributed by atoms with Crippen molar-refractivity contribution in [3.05, 3.63) is 29.8 Å². The molecule has 1 N–H and O–H groups in total. The molecule has 0 aliphatic carbocycles. The van der Waals surface area contributed by atoms with E-state index in [2.05, 4.69) is 12.2 Å². The van der Waals surface area contributed by atoms with Gasteiger partial charge in [-0.1, -0.05) is 19.1 Å². The van der Waals surface area contributed by atoms with Crippen molar-refractivity contribution in [1.82, 2.24) is 5.32 Å². The van der Waals surface area contributed by atoms with E-state index in [9.17, 15) is 4.79 Å². The molecule has 0 saturated heterocycles. The Balaban J connectivity index is 2.55. The summed E-state index contributed by atoms with van der Waals surface area (Å²) in [5.41, 5.74) is 0.972. The minimum absolute atomic E-state index is 0.0580. The number of hydrogen-bond donors (Lipinski definition) is 1. The van der Waals surface area contributed by atoms with Crippen molar-refractivity contribution >= 4 is 5.91 Å². The summed E-state index contributed by atoms with van der Waals surface area (Å²) in [5.74, 6) is 0.844. The van der Waals surface area contributed by atoms with Crippen LogP contribution in [0.3, 0.4) is 0 Å². The summed E-state index contributed by atoms with van der Waals surface area (Å²) < 4.78 is 5.11. The van der Waals surface area contributed by atoms with Gasteiger partial charge in [0.2, 0.25) is 5.91 Å². The average molecular weight is 221 g/mol. The SMILES string of the molecule is CC[C@@H](C)NC(=O)Cc1cccc(OC)c1. The first-order valence-electron chi connectivity index (χ1n) is 5.58. The standard InChI is InChI=1S/C13H19NO2/c1-4-10(2)14-13(15)9-11-6-5-7-12(8-11)16-3/h5-8,10H,4,9H2,1-3H3,(H,14,15)/t10-/m1/s1. The molecule has 1 aromatic carbocycles. The second-order valence-corrected chi connectivity index (χ2v) is 3.91. The van der Waals surface area contributed by atoms with Crippen LogP contribution in [0, 0.1) is 0 Å². The van der Waals surface area contributed by atoms with E-state index in [1.165, 1.54) is 0 Å². The van der Waals surface area contributed by atoms with Crippen molar-refractivity contribution in [2.75, 3.05) is 7.11 Å². The summed E-state index contributed by atoms with van der Waals surface area (Å²) in [6, 6.07) is 7.81. The molecule has 1 aromatic rings. The second-order valence-electron chi connectivity index (χ2n) is 3.91. The van der Waals surface area contributed by atoms with E-state index in [4.69, 9.17) is 4.74 Å². The van der Waals surface area contributed by atoms with Gasteiger partial charge in [0.25, 0.3) is 0 Å². The first kappa shape index (κ1) is 12.6. The highest BCUT2D eigenvalue weighted by molar-refractivity contribution is 5.78. The van der Waals surface area contributed by atoms with Crippen LogP contribution in [0.15, 0.2) is 24.3 Å². The molecule has 0 bridgehead atoms. The Labute approximate surface area is 96.8 Å². The van der Waals surface area contributed by atoms with Gasteiger partial charge in [-0.15, -0.1) is 0 Å². The summed E-state index contributed by atoms with van der Waals surface area (Å²) in [6.07, 6.45) is 1.35. The Kier molecular flexibility index (Phi) is 4.83. The van der Waals surface area contributed by atoms with Crippen LogP contribution < -0.4 is 10.1 Å². The molecule has 1 atom stereocenters. The smallest absolute Gasteiger partial charge is 0.224 e. The van der Waals surface area contributed by atoms with Crippen LogP contribution >= 0.6 is 0 Å². The molecule has 1 rings (SSSR count). The van der Waals surface area contributed by atoms with Crippen molar-refractivity contribution in [2.24, 2.45) is 0 Å². The molecule has 0 fully saturated rings. The molecule has 0 spiro atoms. The van der Waals surface area contributed by atoms with E-state index in [0.717, 1.165) is 17.7 Å². The predicted molar refractivity (Wildman–Crippen MR) is 64.6 cm³/mol. The molecule has 0 heterocycles. The third-order valence-corrected chi connectivity index (χ3v) is 2.52. The van der Waals surface area contributed by atoms with Gasteiger partial charge >= 0.3 is 0 Å². The highest BCUT2D eigenvalue weighted by Crippen LogP contribution is 2.12. The summed E-state index contributed by atoms with van der Waals surface area (Å²) >= 11 is 0. The Hall–Kier alpha value is -1.51. The number of ether oxygens (including phenoxy) is 1. The zero-order valence-electron chi connectivity index (χ0n) is 10.1. The van der Waals surface area contributed by atoms with Crippen LogP contribution in [0.25, 0.3) is 0 Å². The molecule has 0 aromatic heterocycles. The molecule has 0 radical (unpaired) electrons. The minimum Gasteiger partial charge on any atom is -0.497 e. The number of carbonyl (C=O) groups excluding carboxylic acids is 1. The average Bonchev–Trinajstić information content (AvgIpc) is 2.28. The Bertz CT molecular complexity index is 350. The Morgan fingerprint density at radius 3 is 2.88 bits per heavy atom. The maximum absolute atomic E-state index is 11.6. The van der Waals surface area contributed by atoms with E-state index in [0.29, 0.717) is 6.42 Å². The number of amides is 1. The van der Waals surface area contributed by atoms with Crippen LogP contribution in [-0.2, 0) is 11.2 Å². The van der Waals surface area contributed by atoms with Gasteiger partial charge in [0.1, 0.15) is 5.75 Å². The number of benzene rings is 1. The van der Waals surface area contributed by atoms with Crippen LogP contribution in [0.1, 0.15) is 25.8 Å². The van der Waals surface area contributed by atoms with Crippen LogP contribution in [0.2, 0.25) is 0 Å². The molecule has 0 saturated carbocycles. The van der Waals surface area contributed by atoms with Gasteiger partial charge in [-0.25, -0.2) is 0 Å². The number of carbonyl (C=O) groups is 1. The monoisotopic (exact) mass is 221 g/mol. The van der Waals surface area contributed by atoms with E-state index in [-0.39, 0.29) is 11.9 Å². The number of rotatable bonds is 5. The molecule has 1 amide bonds. The van der Waals surface area contributed by atoms with Gasteiger partial charge in [-0.05, 0) is 31.0 Å². The topological polar surface area (TPSA) is 38.3 Å². The van der Waals surface area contributed by atoms with Crippen molar-refractivity contribution in [3.63, 3.8) is 0 Å². The van der Waals surface area contributed by atoms with E-state index >= 15 is 0 Å². The van der Waals surface area contributed by atoms with Gasteiger partial charge in [-0.3, -0.25) is 4.79 Å². The van der Waals surface area contributed by atoms with Gasteiger partial charge in [0.15, 0.2) is 0 Å². The number of hydrogen-bond acceptors (Lipinski definition) is 2. The highest BCUT2D eigenvalue weighted by Gasteiger charge is 2.06. The van der Waals surface area contributed by atoms with Crippen molar-refractivity contribution in [2.45, 2.75) is 32.7 Å². The van der Waals surface area contributed by atoms with Gasteiger partial charge in [0, 0.05) is 6.04 Å². The summed E-state index contributed by atoms with van der Waals surface area (Å²) in [4.78, 5) is 11.6. The van der Waals surface area contributed by atoms with Gasteiger partial charge in [-0.2, -0.15) is 0 Å². The van der Waals surface area contributed by atoms with Crippen LogP contribution in [0.4, 0.5) is 0 Å². The van der Waals surface area contributed by atoms with Crippen molar-refractivity contribution < 1.29 is 9.53 Å². The molecule has 0 unspecified atom stereocenters. The number of nitrogens with one attached hydrogen (secondary N) is 1. The summed E-state index contributed by atoms with van der Waals surface area (Å²) in [6.45, 7) is 4.06. The van der Waals surface area contributed by atoms with E-state index < -0.39 is 0 Å². The predicted octanol–water partition coefficient (Wildman–Crippen LogP) is 2.15. The third-order valence-electron chi connectivity index (χ3n) is 2.52. The molecular formula is C13H19NO2. The first-order chi connectivity index (χ1) is 7.65. The van der Waals surface area contributed by atoms with Gasteiger partial charge in [0.05, 0.1) is 13.5 Å². The van der Waals surface area contributed by atoms with Crippen LogP contribution in [-0.4, -0.2) is 19.1 Å². The first-order valence-corrected chi connectivity index (χ1v) is 5.58. The molecule has 16 heavy (non-hydrogen) atoms. The van der Waals surface area contributed by atoms with Gasteiger partial charge < -0.3 is 10.1 Å². The molecule has 3 heteroatoms. The lowest BCUT2D eigenvalue weighted by Crippen LogP contribution is -2.33. The maximum atomic E-state index is 11.6.